The van der Waals surface area contributed by atoms with E-state index < -0.39 is 21.8 Å². The van der Waals surface area contributed by atoms with Gasteiger partial charge in [-0.1, -0.05) is 0 Å². The van der Waals surface area contributed by atoms with Crippen LogP contribution in [-0.4, -0.2) is 11.8 Å². The number of hydrogen-bond donors (Lipinski definition) is 1. The molecular weight excluding hydrogens is 528 g/mol. The van der Waals surface area contributed by atoms with E-state index in [1.807, 2.05) is 24.3 Å². The van der Waals surface area contributed by atoms with Gasteiger partial charge in [0.2, 0.25) is 0 Å². The number of halogens is 3. The molecule has 0 aliphatic heterocycles. The Morgan fingerprint density at radius 1 is 1.12 bits per heavy atom. The molecule has 1 amide bonds. The Balaban J connectivity index is 2.05. The molecule has 0 bridgehead atoms. The van der Waals surface area contributed by atoms with Gasteiger partial charge in [0.1, 0.15) is 0 Å². The van der Waals surface area contributed by atoms with Crippen molar-refractivity contribution in [2.75, 3.05) is 0 Å². The van der Waals surface area contributed by atoms with E-state index in [9.17, 15) is 4.79 Å². The number of allylic oxidation sites excluding steroid dienone is 1. The van der Waals surface area contributed by atoms with E-state index in [0.717, 1.165) is 21.2 Å². The van der Waals surface area contributed by atoms with Crippen LogP contribution < -0.4 is 3.26 Å². The predicted octanol–water partition coefficient (Wildman–Crippen LogP) is 6.23. The third kappa shape index (κ3) is 3.58. The van der Waals surface area contributed by atoms with Crippen molar-refractivity contribution >= 4 is 50.9 Å². The molecule has 26 heavy (non-hydrogen) atoms. The number of amides is 1. The Morgan fingerprint density at radius 3 is 2.35 bits per heavy atom. The Hall–Kier alpha value is -0.190. The normalized spacial score (nSPS) is 18.0. The van der Waals surface area contributed by atoms with Crippen LogP contribution in [0.15, 0.2) is 58.6 Å². The van der Waals surface area contributed by atoms with Crippen LogP contribution in [0.2, 0.25) is 13.1 Å². The van der Waals surface area contributed by atoms with E-state index >= 15 is 0 Å². The molecule has 0 aromatic heterocycles. The fraction of sp³-hybridized carbons (Fsp3) is 0.211. The average molecular weight is 550 g/mol. The maximum absolute atomic E-state index is 13.0. The van der Waals surface area contributed by atoms with Crippen LogP contribution in [0.4, 0.5) is 0 Å². The first-order valence-corrected chi connectivity index (χ1v) is 25.5. The summed E-state index contributed by atoms with van der Waals surface area (Å²) in [6, 6.07) is 15.5. The molecule has 1 unspecified atom stereocenters. The van der Waals surface area contributed by atoms with Gasteiger partial charge in [0.05, 0.1) is 0 Å². The Bertz CT molecular complexity index is 899. The molecule has 1 N–H and O–H groups in total. The van der Waals surface area contributed by atoms with Crippen LogP contribution in [0.25, 0.3) is 6.08 Å². The number of benzene rings is 2. The molecule has 0 saturated carbocycles. The number of carbonyl (C=O) groups is 1. The number of nitrogens with one attached hydrogen (secondary N) is 1. The van der Waals surface area contributed by atoms with Crippen molar-refractivity contribution in [2.45, 2.75) is 23.6 Å². The van der Waals surface area contributed by atoms with Gasteiger partial charge in [-0.25, -0.2) is 0 Å². The first-order chi connectivity index (χ1) is 12.1. The molecule has 0 heterocycles. The standard InChI is InChI=1S/C10H9.C7H6BrNO.C2H7Si.2ClH.Zr/c1-8-6-9-4-2-3-5-10(9)7-8;8-6-3-1-5(2-4-6)7(9)10;1-3-2;;;/h2-7H,1H3;1-4H,(H2,9,10);3H,1-2H3;2*1H;/q;;;;;+3/p-3. The van der Waals surface area contributed by atoms with Gasteiger partial charge in [0, 0.05) is 0 Å². The zero-order valence-electron chi connectivity index (χ0n) is 14.9. The van der Waals surface area contributed by atoms with Gasteiger partial charge in [-0.15, -0.1) is 0 Å². The van der Waals surface area contributed by atoms with Crippen LogP contribution in [0.1, 0.15) is 32.0 Å². The summed E-state index contributed by atoms with van der Waals surface area (Å²) in [4.78, 5) is 13.0. The summed E-state index contributed by atoms with van der Waals surface area (Å²) < 4.78 is 4.09. The van der Waals surface area contributed by atoms with Crippen molar-refractivity contribution < 1.29 is 20.6 Å². The SMILES string of the molecule is CC1=Cc2ccccc2[CH]1[Zr]([Cl])([Cl])([NH]C(=O)c1ccc(Br)cc1)[SiH](C)C. The Labute approximate surface area is 172 Å². The van der Waals surface area contributed by atoms with E-state index in [1.165, 1.54) is 0 Å². The monoisotopic (exact) mass is 546 g/mol. The van der Waals surface area contributed by atoms with E-state index in [1.54, 1.807) is 12.1 Å². The van der Waals surface area contributed by atoms with E-state index in [-0.39, 0.29) is 9.53 Å². The van der Waals surface area contributed by atoms with Crippen LogP contribution in [0, 0.1) is 0 Å². The second-order valence-electron chi connectivity index (χ2n) is 7.22. The second-order valence-corrected chi connectivity index (χ2v) is 48.9. The summed E-state index contributed by atoms with van der Waals surface area (Å²) in [5.41, 5.74) is 4.04. The quantitative estimate of drug-likeness (QED) is 0.450. The topological polar surface area (TPSA) is 29.1 Å². The fourth-order valence-electron chi connectivity index (χ4n) is 3.62. The first kappa shape index (κ1) is 20.5. The van der Waals surface area contributed by atoms with E-state index in [0.29, 0.717) is 5.56 Å². The van der Waals surface area contributed by atoms with Gasteiger partial charge < -0.3 is 0 Å². The summed E-state index contributed by atoms with van der Waals surface area (Å²) in [5, 5.41) is 0. The number of hydrogen-bond acceptors (Lipinski definition) is 1. The van der Waals surface area contributed by atoms with Crippen LogP contribution in [0.3, 0.4) is 0 Å². The summed E-state index contributed by atoms with van der Waals surface area (Å²) in [6.07, 6.45) is 2.15. The van der Waals surface area contributed by atoms with Crippen molar-refractivity contribution in [2.24, 2.45) is 0 Å². The first-order valence-electron chi connectivity index (χ1n) is 8.56. The number of fused-ring (bicyclic) bond motifs is 1. The van der Waals surface area contributed by atoms with Gasteiger partial charge in [0.25, 0.3) is 0 Å². The Morgan fingerprint density at radius 2 is 1.73 bits per heavy atom. The molecule has 1 atom stereocenters. The third-order valence-corrected chi connectivity index (χ3v) is 51.7. The molecule has 0 saturated heterocycles. The second kappa shape index (κ2) is 7.33. The number of carbonyl (C=O) groups excluding carboxylic acids is 1. The molecule has 2 aromatic rings. The molecule has 7 heteroatoms. The van der Waals surface area contributed by atoms with Gasteiger partial charge >= 0.3 is 174 Å². The molecule has 1 aliphatic carbocycles. The van der Waals surface area contributed by atoms with E-state index in [2.05, 4.69) is 57.4 Å². The molecule has 1 aliphatic rings. The van der Waals surface area contributed by atoms with Crippen LogP contribution in [0.5, 0.6) is 0 Å². The minimum absolute atomic E-state index is 0.0676. The zero-order chi connectivity index (χ0) is 19.1. The van der Waals surface area contributed by atoms with Gasteiger partial charge in [0.15, 0.2) is 0 Å². The Kier molecular flexibility index (Phi) is 5.79. The minimum atomic E-state index is -4.66. The van der Waals surface area contributed by atoms with Crippen LogP contribution >= 0.6 is 33.0 Å². The summed E-state index contributed by atoms with van der Waals surface area (Å²) in [7, 11) is 14.8. The molecule has 3 rings (SSSR count). The van der Waals surface area contributed by atoms with Crippen LogP contribution in [-0.2, 0) is 15.8 Å². The molecule has 2 aromatic carbocycles. The molecule has 137 valence electrons. The van der Waals surface area contributed by atoms with Gasteiger partial charge in [-0.2, -0.15) is 0 Å². The van der Waals surface area contributed by atoms with Crippen molar-refractivity contribution in [3.8, 4) is 0 Å². The predicted molar refractivity (Wildman–Crippen MR) is 115 cm³/mol. The number of rotatable bonds is 4. The molecule has 0 spiro atoms. The van der Waals surface area contributed by atoms with Crippen molar-refractivity contribution in [3.63, 3.8) is 0 Å². The molecule has 2 nitrogen and oxygen atoms in total. The average Bonchev–Trinajstić information content (AvgIpc) is 2.92. The van der Waals surface area contributed by atoms with E-state index in [4.69, 9.17) is 17.0 Å². The summed E-state index contributed by atoms with van der Waals surface area (Å²) >= 11 is -1.26. The fourth-order valence-corrected chi connectivity index (χ4v) is 25.8. The molecule has 0 fully saturated rings. The third-order valence-electron chi connectivity index (χ3n) is 5.19. The molecule has 0 radical (unpaired) electrons. The summed E-state index contributed by atoms with van der Waals surface area (Å²) in [5.74, 6) is -1.77. The summed E-state index contributed by atoms with van der Waals surface area (Å²) in [6.45, 7) is 6.38. The molecular formula is C19H21BrCl2NOSiZr. The maximum atomic E-state index is 13.0. The van der Waals surface area contributed by atoms with Gasteiger partial charge in [-0.3, -0.25) is 0 Å². The van der Waals surface area contributed by atoms with Crippen molar-refractivity contribution in [1.29, 1.82) is 0 Å². The zero-order valence-corrected chi connectivity index (χ0v) is 21.6. The van der Waals surface area contributed by atoms with Crippen molar-refractivity contribution in [1.82, 2.24) is 3.26 Å². The van der Waals surface area contributed by atoms with Gasteiger partial charge in [-0.05, 0) is 0 Å². The van der Waals surface area contributed by atoms with Crippen molar-refractivity contribution in [3.05, 3.63) is 75.3 Å².